The van der Waals surface area contributed by atoms with Crippen LogP contribution in [0.1, 0.15) is 0 Å². The first-order valence-electron chi connectivity index (χ1n) is 4.04. The summed E-state index contributed by atoms with van der Waals surface area (Å²) < 4.78 is 5.12. The molecule has 4 heteroatoms. The molecule has 0 aliphatic rings. The summed E-state index contributed by atoms with van der Waals surface area (Å²) in [5.74, 6) is 0.317. The first kappa shape index (κ1) is 10.1. The number of carbonyl (C=O) groups is 1. The number of hydrogen-bond donors (Lipinski definition) is 2. The van der Waals surface area contributed by atoms with Crippen molar-refractivity contribution in [3.63, 3.8) is 0 Å². The Morgan fingerprint density at radius 2 is 2.43 bits per heavy atom. The highest BCUT2D eigenvalue weighted by molar-refractivity contribution is 5.86. The Morgan fingerprint density at radius 3 is 3.07 bits per heavy atom. The van der Waals surface area contributed by atoms with E-state index in [1.807, 2.05) is 0 Å². The van der Waals surface area contributed by atoms with E-state index in [9.17, 15) is 4.79 Å². The highest BCUT2D eigenvalue weighted by Gasteiger charge is 1.96. The lowest BCUT2D eigenvalue weighted by atomic mass is 10.3. The second kappa shape index (κ2) is 4.91. The minimum Gasteiger partial charge on any atom is -0.508 e. The van der Waals surface area contributed by atoms with Gasteiger partial charge in [-0.25, -0.2) is 0 Å². The summed E-state index contributed by atoms with van der Waals surface area (Å²) in [4.78, 5) is 10.7. The van der Waals surface area contributed by atoms with Gasteiger partial charge < -0.3 is 15.2 Å². The lowest BCUT2D eigenvalue weighted by Gasteiger charge is -2.06. The van der Waals surface area contributed by atoms with Gasteiger partial charge >= 0.3 is 0 Å². The van der Waals surface area contributed by atoms with Gasteiger partial charge in [-0.2, -0.15) is 0 Å². The van der Waals surface area contributed by atoms with Crippen molar-refractivity contribution in [3.05, 3.63) is 36.9 Å². The van der Waals surface area contributed by atoms with Gasteiger partial charge in [-0.05, 0) is 18.2 Å². The molecule has 0 radical (unpaired) electrons. The molecule has 1 aromatic carbocycles. The monoisotopic (exact) mass is 193 g/mol. The largest absolute Gasteiger partial charge is 0.508 e. The van der Waals surface area contributed by atoms with Crippen molar-refractivity contribution in [1.82, 2.24) is 5.32 Å². The molecule has 0 unspecified atom stereocenters. The van der Waals surface area contributed by atoms with Crippen LogP contribution < -0.4 is 10.1 Å². The molecule has 1 amide bonds. The summed E-state index contributed by atoms with van der Waals surface area (Å²) in [5, 5.41) is 11.5. The number of nitrogens with one attached hydrogen (secondary N) is 1. The molecule has 0 aliphatic heterocycles. The number of hydrogen-bond acceptors (Lipinski definition) is 3. The van der Waals surface area contributed by atoms with Gasteiger partial charge in [0.05, 0.1) is 0 Å². The highest BCUT2D eigenvalue weighted by atomic mass is 16.5. The first-order valence-corrected chi connectivity index (χ1v) is 4.04. The third kappa shape index (κ3) is 3.18. The van der Waals surface area contributed by atoms with Gasteiger partial charge in [-0.3, -0.25) is 4.79 Å². The van der Waals surface area contributed by atoms with Crippen molar-refractivity contribution in [1.29, 1.82) is 0 Å². The maximum atomic E-state index is 10.7. The van der Waals surface area contributed by atoms with E-state index in [4.69, 9.17) is 9.84 Å². The number of carbonyl (C=O) groups excluding carboxylic acids is 1. The lowest BCUT2D eigenvalue weighted by molar-refractivity contribution is -0.117. The van der Waals surface area contributed by atoms with Crippen LogP contribution in [0.5, 0.6) is 11.5 Å². The van der Waals surface area contributed by atoms with E-state index < -0.39 is 0 Å². The zero-order valence-corrected chi connectivity index (χ0v) is 7.56. The molecule has 1 aromatic rings. The van der Waals surface area contributed by atoms with Crippen LogP contribution in [0.3, 0.4) is 0 Å². The minimum absolute atomic E-state index is 0.0499. The summed E-state index contributed by atoms with van der Waals surface area (Å²) in [6.07, 6.45) is 1.16. The van der Waals surface area contributed by atoms with Gasteiger partial charge in [0.1, 0.15) is 11.5 Å². The lowest BCUT2D eigenvalue weighted by Crippen LogP contribution is -2.25. The summed E-state index contributed by atoms with van der Waals surface area (Å²) in [7, 11) is 0. The van der Waals surface area contributed by atoms with E-state index in [0.29, 0.717) is 5.75 Å². The molecular weight excluding hydrogens is 182 g/mol. The Hall–Kier alpha value is -1.97. The second-order valence-corrected chi connectivity index (χ2v) is 2.53. The van der Waals surface area contributed by atoms with E-state index in [1.165, 1.54) is 12.1 Å². The fourth-order valence-electron chi connectivity index (χ4n) is 0.836. The van der Waals surface area contributed by atoms with Crippen LogP contribution in [0.4, 0.5) is 0 Å². The third-order valence-electron chi connectivity index (χ3n) is 1.49. The average molecular weight is 193 g/mol. The van der Waals surface area contributed by atoms with Gasteiger partial charge in [-0.1, -0.05) is 12.6 Å². The number of aromatic hydroxyl groups is 1. The van der Waals surface area contributed by atoms with Crippen LogP contribution in [-0.2, 0) is 4.79 Å². The quantitative estimate of drug-likeness (QED) is 0.554. The van der Waals surface area contributed by atoms with Crippen LogP contribution in [0.25, 0.3) is 0 Å². The Balaban J connectivity index is 2.38. The molecule has 2 N–H and O–H groups in total. The van der Waals surface area contributed by atoms with Crippen molar-refractivity contribution >= 4 is 5.91 Å². The Morgan fingerprint density at radius 1 is 1.64 bits per heavy atom. The molecule has 0 aliphatic carbocycles. The van der Waals surface area contributed by atoms with Crippen LogP contribution in [0, 0.1) is 0 Å². The molecule has 0 saturated heterocycles. The number of ether oxygens (including phenoxy) is 1. The topological polar surface area (TPSA) is 58.6 Å². The van der Waals surface area contributed by atoms with Crippen molar-refractivity contribution in [2.24, 2.45) is 0 Å². The smallest absolute Gasteiger partial charge is 0.245 e. The third-order valence-corrected chi connectivity index (χ3v) is 1.49. The van der Waals surface area contributed by atoms with E-state index in [-0.39, 0.29) is 18.4 Å². The molecule has 0 spiro atoms. The zero-order valence-electron chi connectivity index (χ0n) is 7.56. The number of rotatable bonds is 4. The average Bonchev–Trinajstić information content (AvgIpc) is 2.17. The number of phenols is 1. The summed E-state index contributed by atoms with van der Waals surface area (Å²) in [5.41, 5.74) is 0. The second-order valence-electron chi connectivity index (χ2n) is 2.53. The van der Waals surface area contributed by atoms with Crippen molar-refractivity contribution in [2.75, 3.05) is 6.73 Å². The molecular formula is C10H11NO3. The van der Waals surface area contributed by atoms with E-state index in [1.54, 1.807) is 12.1 Å². The molecule has 0 aromatic heterocycles. The van der Waals surface area contributed by atoms with Crippen molar-refractivity contribution in [3.8, 4) is 11.5 Å². The molecule has 14 heavy (non-hydrogen) atoms. The molecule has 74 valence electrons. The Bertz CT molecular complexity index is 336. The standard InChI is InChI=1S/C10H11NO3/c1-2-10(13)11-7-14-9-5-3-4-8(12)6-9/h2-6,12H,1,7H2,(H,11,13). The normalized spacial score (nSPS) is 9.14. The van der Waals surface area contributed by atoms with Gasteiger partial charge in [0, 0.05) is 6.07 Å². The van der Waals surface area contributed by atoms with E-state index in [0.717, 1.165) is 6.08 Å². The molecule has 1 rings (SSSR count). The van der Waals surface area contributed by atoms with Crippen molar-refractivity contribution < 1.29 is 14.6 Å². The predicted molar refractivity (Wildman–Crippen MR) is 51.9 cm³/mol. The molecule has 4 nitrogen and oxygen atoms in total. The van der Waals surface area contributed by atoms with Gasteiger partial charge in [0.15, 0.2) is 6.73 Å². The van der Waals surface area contributed by atoms with Crippen LogP contribution in [0.15, 0.2) is 36.9 Å². The summed E-state index contributed by atoms with van der Waals surface area (Å²) in [6, 6.07) is 6.33. The Kier molecular flexibility index (Phi) is 3.55. The number of benzene rings is 1. The fraction of sp³-hybridized carbons (Fsp3) is 0.100. The van der Waals surface area contributed by atoms with Crippen LogP contribution >= 0.6 is 0 Å². The highest BCUT2D eigenvalue weighted by Crippen LogP contribution is 2.16. The fourth-order valence-corrected chi connectivity index (χ4v) is 0.836. The molecule has 0 atom stereocenters. The number of amides is 1. The van der Waals surface area contributed by atoms with E-state index >= 15 is 0 Å². The Labute approximate surface area is 81.8 Å². The van der Waals surface area contributed by atoms with E-state index in [2.05, 4.69) is 11.9 Å². The van der Waals surface area contributed by atoms with Gasteiger partial charge in [0.25, 0.3) is 0 Å². The molecule has 0 fully saturated rings. The molecule has 0 saturated carbocycles. The number of phenolic OH excluding ortho intramolecular Hbond substituents is 1. The minimum atomic E-state index is -0.301. The van der Waals surface area contributed by atoms with Crippen molar-refractivity contribution in [2.45, 2.75) is 0 Å². The maximum Gasteiger partial charge on any atom is 0.245 e. The zero-order chi connectivity index (χ0) is 10.4. The van der Waals surface area contributed by atoms with Gasteiger partial charge in [0.2, 0.25) is 5.91 Å². The van der Waals surface area contributed by atoms with Crippen LogP contribution in [-0.4, -0.2) is 17.7 Å². The molecule has 0 bridgehead atoms. The first-order chi connectivity index (χ1) is 6.72. The predicted octanol–water partition coefficient (Wildman–Crippen LogP) is 1.03. The van der Waals surface area contributed by atoms with Gasteiger partial charge in [-0.15, -0.1) is 0 Å². The summed E-state index contributed by atoms with van der Waals surface area (Å²) >= 11 is 0. The maximum absolute atomic E-state index is 10.7. The SMILES string of the molecule is C=CC(=O)NCOc1cccc(O)c1. The molecule has 0 heterocycles. The van der Waals surface area contributed by atoms with Crippen LogP contribution in [0.2, 0.25) is 0 Å². The summed E-state index contributed by atoms with van der Waals surface area (Å²) in [6.45, 7) is 3.34.